The van der Waals surface area contributed by atoms with Crippen molar-refractivity contribution < 1.29 is 28.6 Å². The van der Waals surface area contributed by atoms with Crippen LogP contribution in [0.5, 0.6) is 0 Å². The third kappa shape index (κ3) is 44.5. The van der Waals surface area contributed by atoms with Crippen molar-refractivity contribution in [3.8, 4) is 0 Å². The van der Waals surface area contributed by atoms with Crippen LogP contribution in [0.2, 0.25) is 0 Å². The first-order chi connectivity index (χ1) is 29.3. The Bertz CT molecular complexity index is 920. The summed E-state index contributed by atoms with van der Waals surface area (Å²) in [6.45, 7) is 11.4. The van der Waals surface area contributed by atoms with Crippen LogP contribution in [0.1, 0.15) is 298 Å². The highest BCUT2D eigenvalue weighted by atomic mass is 16.6. The minimum absolute atomic E-state index is 0.0636. The van der Waals surface area contributed by atoms with E-state index in [0.29, 0.717) is 19.3 Å². The van der Waals surface area contributed by atoms with Gasteiger partial charge in [0.05, 0.1) is 0 Å². The number of hydrogen-bond donors (Lipinski definition) is 0. The lowest BCUT2D eigenvalue weighted by atomic mass is 9.99. The van der Waals surface area contributed by atoms with Gasteiger partial charge in [-0.25, -0.2) is 0 Å². The Labute approximate surface area is 374 Å². The Morgan fingerprint density at radius 3 is 0.867 bits per heavy atom. The molecule has 0 fully saturated rings. The molecule has 0 aromatic carbocycles. The zero-order chi connectivity index (χ0) is 44.0. The molecule has 6 heteroatoms. The van der Waals surface area contributed by atoms with E-state index in [2.05, 4.69) is 34.6 Å². The molecule has 60 heavy (non-hydrogen) atoms. The molecule has 0 saturated heterocycles. The summed E-state index contributed by atoms with van der Waals surface area (Å²) in [7, 11) is 0. The van der Waals surface area contributed by atoms with Crippen LogP contribution in [-0.2, 0) is 28.6 Å². The van der Waals surface area contributed by atoms with E-state index in [4.69, 9.17) is 14.2 Å². The Morgan fingerprint density at radius 2 is 0.583 bits per heavy atom. The van der Waals surface area contributed by atoms with E-state index in [1.165, 1.54) is 186 Å². The van der Waals surface area contributed by atoms with Gasteiger partial charge in [-0.1, -0.05) is 259 Å². The molecule has 0 aromatic heterocycles. The van der Waals surface area contributed by atoms with Gasteiger partial charge in [-0.15, -0.1) is 0 Å². The molecule has 2 unspecified atom stereocenters. The third-order valence-electron chi connectivity index (χ3n) is 12.9. The van der Waals surface area contributed by atoms with Gasteiger partial charge >= 0.3 is 17.9 Å². The highest BCUT2D eigenvalue weighted by Gasteiger charge is 2.19. The molecule has 0 rings (SSSR count). The van der Waals surface area contributed by atoms with Gasteiger partial charge in [-0.2, -0.15) is 0 Å². The van der Waals surface area contributed by atoms with Crippen LogP contribution in [0, 0.1) is 11.8 Å². The van der Waals surface area contributed by atoms with Crippen molar-refractivity contribution in [3.05, 3.63) is 0 Å². The average molecular weight is 849 g/mol. The first-order valence-corrected chi connectivity index (χ1v) is 26.8. The van der Waals surface area contributed by atoms with E-state index in [0.717, 1.165) is 69.6 Å². The normalized spacial score (nSPS) is 12.9. The smallest absolute Gasteiger partial charge is 0.306 e. The quantitative estimate of drug-likeness (QED) is 0.0345. The molecule has 0 aliphatic heterocycles. The molecule has 6 nitrogen and oxygen atoms in total. The minimum atomic E-state index is -0.761. The number of rotatable bonds is 48. The second-order valence-electron chi connectivity index (χ2n) is 19.0. The third-order valence-corrected chi connectivity index (χ3v) is 12.9. The SMILES string of the molecule is CCCCCCCCCCCCC(=O)OC[C@@H](COC(=O)CCCCCCCCCCCCC(C)CC)OC(=O)CCCCCCCCCCCCCCCCC(C)CC. The second-order valence-corrected chi connectivity index (χ2v) is 19.0. The van der Waals surface area contributed by atoms with Crippen molar-refractivity contribution in [1.29, 1.82) is 0 Å². The fourth-order valence-electron chi connectivity index (χ4n) is 8.10. The highest BCUT2D eigenvalue weighted by molar-refractivity contribution is 5.71. The number of unbranched alkanes of at least 4 members (excludes halogenated alkanes) is 31. The standard InChI is InChI=1S/C54H104O6/c1-6-9-10-11-12-13-24-29-34-39-44-52(55)58-47-51(48-59-53(56)45-40-35-30-25-21-20-23-28-33-38-43-50(5)8-3)60-54(57)46-41-36-31-26-19-17-15-14-16-18-22-27-32-37-42-49(4)7-2/h49-51H,6-48H2,1-5H3/t49?,50?,51-/m0/s1. The van der Waals surface area contributed by atoms with Crippen molar-refractivity contribution in [2.75, 3.05) is 13.2 Å². The van der Waals surface area contributed by atoms with Crippen LogP contribution in [-0.4, -0.2) is 37.2 Å². The molecule has 0 aromatic rings. The molecule has 356 valence electrons. The summed E-state index contributed by atoms with van der Waals surface area (Å²) in [5.74, 6) is 0.917. The Kier molecular flexibility index (Phi) is 45.7. The maximum atomic E-state index is 12.8. The summed E-state index contributed by atoms with van der Waals surface area (Å²) >= 11 is 0. The van der Waals surface area contributed by atoms with Crippen molar-refractivity contribution in [2.45, 2.75) is 304 Å². The first kappa shape index (κ1) is 58.4. The number of carbonyl (C=O) groups is 3. The fourth-order valence-corrected chi connectivity index (χ4v) is 8.10. The van der Waals surface area contributed by atoms with Crippen LogP contribution < -0.4 is 0 Å². The van der Waals surface area contributed by atoms with Gasteiger partial charge in [0.1, 0.15) is 13.2 Å². The van der Waals surface area contributed by atoms with Crippen molar-refractivity contribution in [1.82, 2.24) is 0 Å². The monoisotopic (exact) mass is 849 g/mol. The lowest BCUT2D eigenvalue weighted by Gasteiger charge is -2.18. The summed E-state index contributed by atoms with van der Waals surface area (Å²) in [5, 5.41) is 0. The zero-order valence-electron chi connectivity index (χ0n) is 41.1. The number of hydrogen-bond acceptors (Lipinski definition) is 6. The van der Waals surface area contributed by atoms with Crippen molar-refractivity contribution >= 4 is 17.9 Å². The fraction of sp³-hybridized carbons (Fsp3) is 0.944. The number of carbonyl (C=O) groups excluding carboxylic acids is 3. The maximum absolute atomic E-state index is 12.8. The van der Waals surface area contributed by atoms with Gasteiger partial charge in [0, 0.05) is 19.3 Å². The van der Waals surface area contributed by atoms with Crippen LogP contribution in [0.4, 0.5) is 0 Å². The molecule has 0 saturated carbocycles. The number of esters is 3. The van der Waals surface area contributed by atoms with Gasteiger partial charge in [-0.05, 0) is 31.1 Å². The maximum Gasteiger partial charge on any atom is 0.306 e. The van der Waals surface area contributed by atoms with E-state index in [-0.39, 0.29) is 31.1 Å². The molecule has 0 amide bonds. The molecule has 0 radical (unpaired) electrons. The summed E-state index contributed by atoms with van der Waals surface area (Å²) in [4.78, 5) is 37.9. The molecule has 0 N–H and O–H groups in total. The topological polar surface area (TPSA) is 78.9 Å². The van der Waals surface area contributed by atoms with Crippen molar-refractivity contribution in [2.24, 2.45) is 11.8 Å². The number of ether oxygens (including phenoxy) is 3. The largest absolute Gasteiger partial charge is 0.462 e. The predicted octanol–water partition coefficient (Wildman–Crippen LogP) is 17.3. The minimum Gasteiger partial charge on any atom is -0.462 e. The molecular weight excluding hydrogens is 745 g/mol. The van der Waals surface area contributed by atoms with Crippen LogP contribution >= 0.6 is 0 Å². The van der Waals surface area contributed by atoms with E-state index < -0.39 is 6.10 Å². The van der Waals surface area contributed by atoms with Gasteiger partial charge in [0.25, 0.3) is 0 Å². The molecule has 0 spiro atoms. The van der Waals surface area contributed by atoms with Gasteiger partial charge in [0.2, 0.25) is 0 Å². The molecule has 0 aliphatic carbocycles. The van der Waals surface area contributed by atoms with Gasteiger partial charge in [-0.3, -0.25) is 14.4 Å². The Hall–Kier alpha value is -1.59. The van der Waals surface area contributed by atoms with Crippen LogP contribution in [0.25, 0.3) is 0 Å². The van der Waals surface area contributed by atoms with E-state index >= 15 is 0 Å². The molecule has 0 bridgehead atoms. The van der Waals surface area contributed by atoms with Crippen LogP contribution in [0.15, 0.2) is 0 Å². The van der Waals surface area contributed by atoms with Gasteiger partial charge in [0.15, 0.2) is 6.10 Å². The van der Waals surface area contributed by atoms with E-state index in [1.807, 2.05) is 0 Å². The lowest BCUT2D eigenvalue weighted by molar-refractivity contribution is -0.167. The summed E-state index contributed by atoms with van der Waals surface area (Å²) < 4.78 is 16.8. The van der Waals surface area contributed by atoms with Crippen LogP contribution in [0.3, 0.4) is 0 Å². The Balaban J connectivity index is 4.28. The Morgan fingerprint density at radius 1 is 0.333 bits per heavy atom. The highest BCUT2D eigenvalue weighted by Crippen LogP contribution is 2.18. The predicted molar refractivity (Wildman–Crippen MR) is 256 cm³/mol. The average Bonchev–Trinajstić information content (AvgIpc) is 3.25. The summed E-state index contributed by atoms with van der Waals surface area (Å²) in [6, 6.07) is 0. The molecule has 3 atom stereocenters. The summed E-state index contributed by atoms with van der Waals surface area (Å²) in [5.41, 5.74) is 0. The van der Waals surface area contributed by atoms with E-state index in [1.54, 1.807) is 0 Å². The zero-order valence-corrected chi connectivity index (χ0v) is 41.1. The van der Waals surface area contributed by atoms with E-state index in [9.17, 15) is 14.4 Å². The first-order valence-electron chi connectivity index (χ1n) is 26.8. The lowest BCUT2D eigenvalue weighted by Crippen LogP contribution is -2.30. The van der Waals surface area contributed by atoms with Crippen molar-refractivity contribution in [3.63, 3.8) is 0 Å². The van der Waals surface area contributed by atoms with Gasteiger partial charge < -0.3 is 14.2 Å². The molecule has 0 heterocycles. The second kappa shape index (κ2) is 46.9. The summed E-state index contributed by atoms with van der Waals surface area (Å²) in [6.07, 6.45) is 47.9. The molecule has 0 aliphatic rings. The molecular formula is C54H104O6.